The van der Waals surface area contributed by atoms with Crippen LogP contribution in [-0.4, -0.2) is 36.8 Å². The van der Waals surface area contributed by atoms with Gasteiger partial charge in [-0.3, -0.25) is 19.6 Å². The van der Waals surface area contributed by atoms with Crippen LogP contribution in [0.3, 0.4) is 0 Å². The molecule has 0 aliphatic heterocycles. The monoisotopic (exact) mass is 523 g/mol. The maximum absolute atomic E-state index is 13.5. The fraction of sp³-hybridized carbons (Fsp3) is 0.192. The van der Waals surface area contributed by atoms with E-state index < -0.39 is 21.7 Å². The normalized spacial score (nSPS) is 11.4. The lowest BCUT2D eigenvalue weighted by atomic mass is 10.2. The molecule has 11 heteroatoms. The predicted molar refractivity (Wildman–Crippen MR) is 141 cm³/mol. The molecule has 1 aromatic heterocycles. The van der Waals surface area contributed by atoms with Crippen molar-refractivity contribution in [2.75, 3.05) is 22.0 Å². The van der Waals surface area contributed by atoms with Gasteiger partial charge < -0.3 is 9.47 Å². The first-order chi connectivity index (χ1) is 17.6. The Morgan fingerprint density at radius 3 is 2.51 bits per heavy atom. The summed E-state index contributed by atoms with van der Waals surface area (Å²) in [5.41, 5.74) is 2.44. The molecule has 0 saturated heterocycles. The molecular formula is C26H26FN5O4S. The third kappa shape index (κ3) is 5.61. The van der Waals surface area contributed by atoms with E-state index in [9.17, 15) is 22.4 Å². The van der Waals surface area contributed by atoms with Crippen LogP contribution in [0.5, 0.6) is 0 Å². The van der Waals surface area contributed by atoms with Crippen LogP contribution in [-0.2, 0) is 21.4 Å². The third-order valence-electron chi connectivity index (χ3n) is 5.75. The first-order valence-corrected chi connectivity index (χ1v) is 13.0. The van der Waals surface area contributed by atoms with Crippen LogP contribution in [0, 0.1) is 5.82 Å². The van der Waals surface area contributed by atoms with Crippen LogP contribution in [0.15, 0.2) is 71.6 Å². The van der Waals surface area contributed by atoms with Crippen molar-refractivity contribution in [2.24, 2.45) is 0 Å². The van der Waals surface area contributed by atoms with Crippen LogP contribution in [0.2, 0.25) is 0 Å². The van der Waals surface area contributed by atoms with E-state index >= 15 is 0 Å². The van der Waals surface area contributed by atoms with Crippen LogP contribution >= 0.6 is 0 Å². The molecule has 4 rings (SSSR count). The molecule has 0 aliphatic rings. The predicted octanol–water partition coefficient (Wildman–Crippen LogP) is 4.62. The number of fused-ring (bicyclic) bond motifs is 1. The number of amides is 2. The highest BCUT2D eigenvalue weighted by Crippen LogP contribution is 2.26. The maximum Gasteiger partial charge on any atom is 0.261 e. The minimum atomic E-state index is -4.05. The Morgan fingerprint density at radius 2 is 1.81 bits per heavy atom. The molecule has 0 saturated carbocycles. The third-order valence-corrected chi connectivity index (χ3v) is 7.13. The van der Waals surface area contributed by atoms with Crippen LogP contribution in [0.25, 0.3) is 11.0 Å². The molecule has 0 spiro atoms. The van der Waals surface area contributed by atoms with Crippen molar-refractivity contribution < 1.29 is 22.4 Å². The van der Waals surface area contributed by atoms with Gasteiger partial charge in [0.2, 0.25) is 11.9 Å². The van der Waals surface area contributed by atoms with Gasteiger partial charge in [0.25, 0.3) is 15.9 Å². The number of imidazole rings is 1. The summed E-state index contributed by atoms with van der Waals surface area (Å²) in [6.07, 6.45) is 0.792. The number of carbonyl (C=O) groups excluding carboxylic acids is 2. The van der Waals surface area contributed by atoms with Crippen molar-refractivity contribution in [3.05, 3.63) is 78.1 Å². The number of sulfonamides is 1. The molecule has 1 heterocycles. The number of nitrogens with one attached hydrogen (secondary N) is 2. The lowest BCUT2D eigenvalue weighted by Crippen LogP contribution is -2.22. The zero-order chi connectivity index (χ0) is 26.7. The first kappa shape index (κ1) is 25.8. The van der Waals surface area contributed by atoms with Gasteiger partial charge >= 0.3 is 0 Å². The molecule has 0 bridgehead atoms. The Kier molecular flexibility index (Phi) is 7.25. The highest BCUT2D eigenvalue weighted by molar-refractivity contribution is 7.92. The van der Waals surface area contributed by atoms with Crippen molar-refractivity contribution >= 4 is 50.2 Å². The number of benzene rings is 3. The molecular weight excluding hydrogens is 497 g/mol. The fourth-order valence-electron chi connectivity index (χ4n) is 3.80. The summed E-state index contributed by atoms with van der Waals surface area (Å²) in [6.45, 7) is 4.07. The topological polar surface area (TPSA) is 113 Å². The van der Waals surface area contributed by atoms with E-state index in [-0.39, 0.29) is 22.1 Å². The summed E-state index contributed by atoms with van der Waals surface area (Å²) in [5.74, 6) is -0.949. The molecule has 0 fully saturated rings. The van der Waals surface area contributed by atoms with E-state index in [4.69, 9.17) is 0 Å². The summed E-state index contributed by atoms with van der Waals surface area (Å²) in [7, 11) is -2.38. The molecule has 0 unspecified atom stereocenters. The molecule has 4 aromatic rings. The van der Waals surface area contributed by atoms with Crippen molar-refractivity contribution in [3.63, 3.8) is 0 Å². The SMILES string of the molecule is CCCn1c(NC(=O)c2cccc(NS(=O)(=O)c3cccc(F)c3)c2)nc2cc(N(C)C(C)=O)ccc21. The van der Waals surface area contributed by atoms with Gasteiger partial charge in [-0.1, -0.05) is 19.1 Å². The number of hydrogen-bond donors (Lipinski definition) is 2. The maximum atomic E-state index is 13.5. The van der Waals surface area contributed by atoms with Crippen molar-refractivity contribution in [1.82, 2.24) is 9.55 Å². The smallest absolute Gasteiger partial charge is 0.261 e. The van der Waals surface area contributed by atoms with Gasteiger partial charge in [0.05, 0.1) is 15.9 Å². The Hall–Kier alpha value is -4.25. The summed E-state index contributed by atoms with van der Waals surface area (Å²) >= 11 is 0. The van der Waals surface area contributed by atoms with E-state index in [1.54, 1.807) is 19.2 Å². The van der Waals surface area contributed by atoms with Gasteiger partial charge in [0.15, 0.2) is 0 Å². The average Bonchev–Trinajstić information content (AvgIpc) is 3.19. The molecule has 3 aromatic carbocycles. The molecule has 9 nitrogen and oxygen atoms in total. The Labute approximate surface area is 214 Å². The lowest BCUT2D eigenvalue weighted by Gasteiger charge is -2.14. The first-order valence-electron chi connectivity index (χ1n) is 11.5. The fourth-order valence-corrected chi connectivity index (χ4v) is 4.88. The number of aryl methyl sites for hydroxylation is 1. The van der Waals surface area contributed by atoms with Gasteiger partial charge in [0, 0.05) is 37.5 Å². The number of anilines is 3. The lowest BCUT2D eigenvalue weighted by molar-refractivity contribution is -0.116. The Balaban J connectivity index is 1.60. The van der Waals surface area contributed by atoms with Crippen molar-refractivity contribution in [2.45, 2.75) is 31.7 Å². The second kappa shape index (κ2) is 10.4. The number of aromatic nitrogens is 2. The largest absolute Gasteiger partial charge is 0.316 e. The van der Waals surface area contributed by atoms with Crippen molar-refractivity contribution in [1.29, 1.82) is 0 Å². The zero-order valence-corrected chi connectivity index (χ0v) is 21.3. The van der Waals surface area contributed by atoms with E-state index in [0.717, 1.165) is 24.1 Å². The summed E-state index contributed by atoms with van der Waals surface area (Å²) in [6, 6.07) is 16.1. The summed E-state index contributed by atoms with van der Waals surface area (Å²) in [5, 5.41) is 2.81. The van der Waals surface area contributed by atoms with Gasteiger partial charge in [0.1, 0.15) is 5.82 Å². The quantitative estimate of drug-likeness (QED) is 0.350. The Morgan fingerprint density at radius 1 is 1.05 bits per heavy atom. The molecule has 37 heavy (non-hydrogen) atoms. The minimum absolute atomic E-state index is 0.117. The number of rotatable bonds is 8. The highest BCUT2D eigenvalue weighted by Gasteiger charge is 2.18. The zero-order valence-electron chi connectivity index (χ0n) is 20.5. The summed E-state index contributed by atoms with van der Waals surface area (Å²) < 4.78 is 43.0. The number of nitrogens with zero attached hydrogens (tertiary/aromatic N) is 3. The second-order valence-electron chi connectivity index (χ2n) is 8.44. The van der Waals surface area contributed by atoms with Gasteiger partial charge in [-0.2, -0.15) is 0 Å². The van der Waals surface area contributed by atoms with Crippen LogP contribution < -0.4 is 14.9 Å². The molecule has 0 radical (unpaired) electrons. The average molecular weight is 524 g/mol. The van der Waals surface area contributed by atoms with E-state index in [1.165, 1.54) is 42.2 Å². The van der Waals surface area contributed by atoms with E-state index in [1.807, 2.05) is 23.6 Å². The Bertz CT molecular complexity index is 1600. The molecule has 2 amide bonds. The van der Waals surface area contributed by atoms with Crippen LogP contribution in [0.1, 0.15) is 30.6 Å². The highest BCUT2D eigenvalue weighted by atomic mass is 32.2. The standard InChI is InChI=1S/C26H26FN5O4S/c1-4-13-32-24-12-11-21(31(3)17(2)33)16-23(24)28-26(32)29-25(34)18-7-5-9-20(14-18)30-37(35,36)22-10-6-8-19(27)15-22/h5-12,14-16,30H,4,13H2,1-3H3,(H,28,29,34). The molecule has 192 valence electrons. The number of carbonyl (C=O) groups is 2. The van der Waals surface area contributed by atoms with E-state index in [0.29, 0.717) is 23.7 Å². The minimum Gasteiger partial charge on any atom is -0.316 e. The number of halogens is 1. The number of hydrogen-bond acceptors (Lipinski definition) is 5. The molecule has 0 atom stereocenters. The van der Waals surface area contributed by atoms with Gasteiger partial charge in [-0.05, 0) is 61.0 Å². The molecule has 2 N–H and O–H groups in total. The van der Waals surface area contributed by atoms with E-state index in [2.05, 4.69) is 15.0 Å². The van der Waals surface area contributed by atoms with Crippen LogP contribution in [0.4, 0.5) is 21.7 Å². The second-order valence-corrected chi connectivity index (χ2v) is 10.1. The molecule has 0 aliphatic carbocycles. The van der Waals surface area contributed by atoms with Gasteiger partial charge in [-0.25, -0.2) is 17.8 Å². The van der Waals surface area contributed by atoms with Crippen molar-refractivity contribution in [3.8, 4) is 0 Å². The van der Waals surface area contributed by atoms with Gasteiger partial charge in [-0.15, -0.1) is 0 Å². The summed E-state index contributed by atoms with van der Waals surface area (Å²) in [4.78, 5) is 30.7.